The van der Waals surface area contributed by atoms with Gasteiger partial charge >= 0.3 is 12.4 Å². The standard InChI is InChI=1S/C20H14BrF6N7/c1-10(17-31-9-32-34(17)18-28-4-3-5-29-18)33(2)16-12-6-11(19(22,23)24)7-13(20(25,26)27)15(12)30-8-14(16)21/h3-10H,1-2H3/t10-/m0/s1. The van der Waals surface area contributed by atoms with Gasteiger partial charge in [0.15, 0.2) is 5.82 Å². The Balaban J connectivity index is 1.91. The fraction of sp³-hybridized carbons (Fsp3) is 0.250. The predicted molar refractivity (Wildman–Crippen MR) is 113 cm³/mol. The van der Waals surface area contributed by atoms with Crippen LogP contribution in [0.4, 0.5) is 32.0 Å². The first-order valence-electron chi connectivity index (χ1n) is 9.56. The van der Waals surface area contributed by atoms with Crippen molar-refractivity contribution in [2.24, 2.45) is 0 Å². The first-order chi connectivity index (χ1) is 15.9. The van der Waals surface area contributed by atoms with Crippen LogP contribution in [0.1, 0.15) is 29.9 Å². The molecule has 4 rings (SSSR count). The maximum atomic E-state index is 13.7. The molecule has 1 atom stereocenters. The highest BCUT2D eigenvalue weighted by Crippen LogP contribution is 2.44. The van der Waals surface area contributed by atoms with Crippen LogP contribution in [-0.4, -0.2) is 36.8 Å². The van der Waals surface area contributed by atoms with Gasteiger partial charge in [0.05, 0.1) is 32.8 Å². The normalized spacial score (nSPS) is 13.3. The van der Waals surface area contributed by atoms with Crippen LogP contribution >= 0.6 is 15.9 Å². The maximum absolute atomic E-state index is 13.7. The van der Waals surface area contributed by atoms with Gasteiger partial charge in [0.1, 0.15) is 6.33 Å². The van der Waals surface area contributed by atoms with Crippen LogP contribution in [-0.2, 0) is 12.4 Å². The number of halogens is 7. The molecule has 0 aliphatic heterocycles. The number of alkyl halides is 6. The quantitative estimate of drug-likeness (QED) is 0.311. The first kappa shape index (κ1) is 23.9. The van der Waals surface area contributed by atoms with Gasteiger partial charge in [-0.05, 0) is 41.1 Å². The van der Waals surface area contributed by atoms with Crippen molar-refractivity contribution >= 4 is 32.5 Å². The lowest BCUT2D eigenvalue weighted by Gasteiger charge is -2.29. The van der Waals surface area contributed by atoms with Gasteiger partial charge in [-0.15, -0.1) is 0 Å². The van der Waals surface area contributed by atoms with Crippen molar-refractivity contribution in [2.45, 2.75) is 25.3 Å². The van der Waals surface area contributed by atoms with Gasteiger partial charge in [-0.1, -0.05) is 0 Å². The van der Waals surface area contributed by atoms with Gasteiger partial charge < -0.3 is 4.90 Å². The van der Waals surface area contributed by atoms with Crippen molar-refractivity contribution in [2.75, 3.05) is 11.9 Å². The van der Waals surface area contributed by atoms with Gasteiger partial charge in [-0.3, -0.25) is 4.98 Å². The number of nitrogens with zero attached hydrogens (tertiary/aromatic N) is 7. The molecule has 0 aliphatic carbocycles. The Kier molecular flexibility index (Phi) is 5.96. The summed E-state index contributed by atoms with van der Waals surface area (Å²) in [4.78, 5) is 17.7. The van der Waals surface area contributed by atoms with Gasteiger partial charge in [-0.2, -0.15) is 36.1 Å². The van der Waals surface area contributed by atoms with E-state index in [0.29, 0.717) is 11.9 Å². The van der Waals surface area contributed by atoms with E-state index < -0.39 is 35.0 Å². The van der Waals surface area contributed by atoms with Crippen molar-refractivity contribution in [3.05, 3.63) is 64.5 Å². The molecule has 0 saturated heterocycles. The van der Waals surface area contributed by atoms with Crippen LogP contribution in [0.25, 0.3) is 16.9 Å². The lowest BCUT2D eigenvalue weighted by atomic mass is 10.0. The Morgan fingerprint density at radius 2 is 1.65 bits per heavy atom. The number of fused-ring (bicyclic) bond motifs is 1. The van der Waals surface area contributed by atoms with E-state index in [9.17, 15) is 26.3 Å². The largest absolute Gasteiger partial charge is 0.418 e. The maximum Gasteiger partial charge on any atom is 0.418 e. The number of hydrogen-bond acceptors (Lipinski definition) is 6. The van der Waals surface area contributed by atoms with E-state index in [1.165, 1.54) is 35.4 Å². The molecule has 0 amide bonds. The minimum absolute atomic E-state index is 0.0673. The van der Waals surface area contributed by atoms with Gasteiger partial charge in [-0.25, -0.2) is 15.0 Å². The lowest BCUT2D eigenvalue weighted by Crippen LogP contribution is -2.26. The molecular weight excluding hydrogens is 532 g/mol. The summed E-state index contributed by atoms with van der Waals surface area (Å²) >= 11 is 3.23. The fourth-order valence-electron chi connectivity index (χ4n) is 3.46. The zero-order chi connectivity index (χ0) is 24.8. The van der Waals surface area contributed by atoms with Crippen LogP contribution in [0.3, 0.4) is 0 Å². The van der Waals surface area contributed by atoms with Crippen LogP contribution in [0.2, 0.25) is 0 Å². The fourth-order valence-corrected chi connectivity index (χ4v) is 4.06. The number of benzene rings is 1. The predicted octanol–water partition coefficient (Wildman–Crippen LogP) is 5.60. The molecule has 0 bridgehead atoms. The average molecular weight is 546 g/mol. The lowest BCUT2D eigenvalue weighted by molar-refractivity contribution is -0.142. The number of hydrogen-bond donors (Lipinski definition) is 0. The second kappa shape index (κ2) is 8.49. The summed E-state index contributed by atoms with van der Waals surface area (Å²) in [6.07, 6.45) is -4.69. The summed E-state index contributed by atoms with van der Waals surface area (Å²) in [7, 11) is 1.52. The molecule has 1 aromatic carbocycles. The second-order valence-corrected chi connectivity index (χ2v) is 8.09. The molecule has 14 heteroatoms. The highest BCUT2D eigenvalue weighted by atomic mass is 79.9. The molecule has 3 heterocycles. The van der Waals surface area contributed by atoms with E-state index in [4.69, 9.17) is 0 Å². The van der Waals surface area contributed by atoms with Crippen LogP contribution < -0.4 is 4.90 Å². The molecule has 0 radical (unpaired) electrons. The van der Waals surface area contributed by atoms with E-state index in [0.717, 1.165) is 6.20 Å². The third-order valence-corrected chi connectivity index (χ3v) is 5.73. The van der Waals surface area contributed by atoms with Gasteiger partial charge in [0.2, 0.25) is 0 Å². The highest BCUT2D eigenvalue weighted by Gasteiger charge is 2.39. The summed E-state index contributed by atoms with van der Waals surface area (Å²) < 4.78 is 83.0. The van der Waals surface area contributed by atoms with E-state index >= 15 is 0 Å². The zero-order valence-corrected chi connectivity index (χ0v) is 19.0. The molecule has 178 valence electrons. The molecule has 3 aromatic heterocycles. The van der Waals surface area contributed by atoms with Crippen molar-refractivity contribution in [1.82, 2.24) is 29.7 Å². The van der Waals surface area contributed by atoms with Crippen LogP contribution in [0.5, 0.6) is 0 Å². The Bertz CT molecular complexity index is 1340. The van der Waals surface area contributed by atoms with E-state index in [1.807, 2.05) is 0 Å². The van der Waals surface area contributed by atoms with Crippen LogP contribution in [0, 0.1) is 0 Å². The van der Waals surface area contributed by atoms with E-state index in [1.54, 1.807) is 13.0 Å². The van der Waals surface area contributed by atoms with E-state index in [-0.39, 0.29) is 27.6 Å². The smallest absolute Gasteiger partial charge is 0.363 e. The minimum atomic E-state index is -5.05. The summed E-state index contributed by atoms with van der Waals surface area (Å²) in [5.41, 5.74) is -3.45. The Hall–Kier alpha value is -3.29. The molecule has 0 fully saturated rings. The van der Waals surface area contributed by atoms with Crippen molar-refractivity contribution in [1.29, 1.82) is 0 Å². The topological polar surface area (TPSA) is 72.6 Å². The van der Waals surface area contributed by atoms with Crippen molar-refractivity contribution in [3.63, 3.8) is 0 Å². The zero-order valence-electron chi connectivity index (χ0n) is 17.4. The molecule has 34 heavy (non-hydrogen) atoms. The number of rotatable bonds is 4. The molecular formula is C20H14BrF6N7. The molecule has 0 saturated carbocycles. The average Bonchev–Trinajstić information content (AvgIpc) is 3.26. The number of pyridine rings is 1. The molecule has 4 aromatic rings. The third kappa shape index (κ3) is 4.29. The molecule has 0 N–H and O–H groups in total. The summed E-state index contributed by atoms with van der Waals surface area (Å²) in [5, 5.41) is 3.77. The van der Waals surface area contributed by atoms with E-state index in [2.05, 4.69) is 41.0 Å². The summed E-state index contributed by atoms with van der Waals surface area (Å²) in [6, 6.07) is 1.66. The molecule has 7 nitrogen and oxygen atoms in total. The second-order valence-electron chi connectivity index (χ2n) is 7.24. The molecule has 0 unspecified atom stereocenters. The number of aromatic nitrogens is 6. The van der Waals surface area contributed by atoms with Crippen LogP contribution in [0.15, 0.2) is 47.6 Å². The van der Waals surface area contributed by atoms with Crippen molar-refractivity contribution in [3.8, 4) is 5.95 Å². The Morgan fingerprint density at radius 1 is 0.971 bits per heavy atom. The third-order valence-electron chi connectivity index (χ3n) is 5.15. The number of anilines is 1. The Morgan fingerprint density at radius 3 is 2.26 bits per heavy atom. The summed E-state index contributed by atoms with van der Waals surface area (Å²) in [6.45, 7) is 1.67. The van der Waals surface area contributed by atoms with Crippen molar-refractivity contribution < 1.29 is 26.3 Å². The Labute approximate surface area is 196 Å². The first-order valence-corrected chi connectivity index (χ1v) is 10.4. The monoisotopic (exact) mass is 545 g/mol. The SMILES string of the molecule is C[C@@H](c1ncnn1-c1ncccn1)N(C)c1c(Br)cnc2c(C(F)(F)F)cc(C(F)(F)F)cc12. The van der Waals surface area contributed by atoms with Gasteiger partial charge in [0, 0.05) is 31.0 Å². The minimum Gasteiger partial charge on any atom is -0.363 e. The van der Waals surface area contributed by atoms with Gasteiger partial charge in [0.25, 0.3) is 5.95 Å². The highest BCUT2D eigenvalue weighted by molar-refractivity contribution is 9.10. The summed E-state index contributed by atoms with van der Waals surface area (Å²) in [5.74, 6) is 0.515. The molecule has 0 spiro atoms. The molecule has 0 aliphatic rings.